The van der Waals surface area contributed by atoms with Crippen LogP contribution < -0.4 is 10.6 Å². The Hall–Kier alpha value is -1.66. The highest BCUT2D eigenvalue weighted by Gasteiger charge is 2.18. The van der Waals surface area contributed by atoms with Gasteiger partial charge in [0.1, 0.15) is 0 Å². The van der Waals surface area contributed by atoms with Crippen molar-refractivity contribution in [3.05, 3.63) is 24.2 Å². The van der Waals surface area contributed by atoms with Gasteiger partial charge in [-0.25, -0.2) is 0 Å². The van der Waals surface area contributed by atoms with E-state index < -0.39 is 5.91 Å². The third kappa shape index (κ3) is 4.47. The lowest BCUT2D eigenvalue weighted by Crippen LogP contribution is -2.45. The number of furan rings is 1. The number of nitrogens with one attached hydrogen (secondary N) is 2. The summed E-state index contributed by atoms with van der Waals surface area (Å²) in [5.74, 6) is -0.663. The largest absolute Gasteiger partial charge is 0.459 e. The molecule has 1 aliphatic rings. The summed E-state index contributed by atoms with van der Waals surface area (Å²) in [4.78, 5) is 25.3. The fourth-order valence-electron chi connectivity index (χ4n) is 2.40. The van der Waals surface area contributed by atoms with Crippen LogP contribution in [0.4, 0.5) is 0 Å². The third-order valence-corrected chi connectivity index (χ3v) is 3.36. The molecule has 2 amide bonds. The number of piperidine rings is 1. The Morgan fingerprint density at radius 1 is 1.50 bits per heavy atom. The van der Waals surface area contributed by atoms with Crippen LogP contribution >= 0.6 is 0 Å². The van der Waals surface area contributed by atoms with E-state index in [1.54, 1.807) is 6.07 Å². The van der Waals surface area contributed by atoms with E-state index in [0.29, 0.717) is 6.04 Å². The van der Waals surface area contributed by atoms with Crippen molar-refractivity contribution in [2.24, 2.45) is 0 Å². The quantitative estimate of drug-likeness (QED) is 0.826. The predicted octanol–water partition coefficient (Wildman–Crippen LogP) is 0.610. The minimum absolute atomic E-state index is 0.148. The summed E-state index contributed by atoms with van der Waals surface area (Å²) in [5, 5.41) is 5.75. The normalized spacial score (nSPS) is 19.0. The van der Waals surface area contributed by atoms with Gasteiger partial charge in [-0.2, -0.15) is 0 Å². The Labute approximate surface area is 118 Å². The highest BCUT2D eigenvalue weighted by Crippen LogP contribution is 2.07. The summed E-state index contributed by atoms with van der Waals surface area (Å²) < 4.78 is 4.93. The Balaban J connectivity index is 1.71. The second-order valence-electron chi connectivity index (χ2n) is 5.20. The van der Waals surface area contributed by atoms with Gasteiger partial charge in [0.05, 0.1) is 12.8 Å². The van der Waals surface area contributed by atoms with E-state index in [-0.39, 0.29) is 18.2 Å². The summed E-state index contributed by atoms with van der Waals surface area (Å²) in [5.41, 5.74) is 0. The van der Waals surface area contributed by atoms with Crippen LogP contribution in [0.5, 0.6) is 0 Å². The zero-order valence-corrected chi connectivity index (χ0v) is 11.7. The molecule has 1 fully saturated rings. The van der Waals surface area contributed by atoms with Gasteiger partial charge in [-0.05, 0) is 38.6 Å². The molecule has 1 aromatic rings. The van der Waals surface area contributed by atoms with Crippen LogP contribution in [0.1, 0.15) is 29.8 Å². The maximum absolute atomic E-state index is 11.8. The zero-order chi connectivity index (χ0) is 14.4. The summed E-state index contributed by atoms with van der Waals surface area (Å²) in [6, 6.07) is 3.57. The van der Waals surface area contributed by atoms with Crippen LogP contribution in [-0.2, 0) is 4.79 Å². The molecule has 0 bridgehead atoms. The predicted molar refractivity (Wildman–Crippen MR) is 74.3 cm³/mol. The van der Waals surface area contributed by atoms with E-state index in [1.165, 1.54) is 25.2 Å². The molecule has 1 saturated heterocycles. The molecular weight excluding hydrogens is 258 g/mol. The summed E-state index contributed by atoms with van der Waals surface area (Å²) in [6.45, 7) is 2.05. The van der Waals surface area contributed by atoms with Gasteiger partial charge in [-0.1, -0.05) is 6.42 Å². The van der Waals surface area contributed by atoms with Gasteiger partial charge in [0, 0.05) is 12.6 Å². The van der Waals surface area contributed by atoms with Crippen LogP contribution in [0.25, 0.3) is 0 Å². The fraction of sp³-hybridized carbons (Fsp3) is 0.571. The van der Waals surface area contributed by atoms with Gasteiger partial charge in [0.15, 0.2) is 5.76 Å². The standard InChI is InChI=1S/C14H21N3O3/c1-17(9-11-5-2-3-7-15-11)10-13(18)16-14(19)12-6-4-8-20-12/h4,6,8,11,15H,2-3,5,7,9-10H2,1H3,(H,16,18,19). The van der Waals surface area contributed by atoms with Gasteiger partial charge in [0.25, 0.3) is 5.91 Å². The van der Waals surface area contributed by atoms with Gasteiger partial charge < -0.3 is 9.73 Å². The molecule has 0 aromatic carbocycles. The monoisotopic (exact) mass is 279 g/mol. The molecule has 0 spiro atoms. The second kappa shape index (κ2) is 7.21. The summed E-state index contributed by atoms with van der Waals surface area (Å²) >= 11 is 0. The van der Waals surface area contributed by atoms with E-state index >= 15 is 0 Å². The van der Waals surface area contributed by atoms with Crippen LogP contribution in [0.15, 0.2) is 22.8 Å². The first kappa shape index (κ1) is 14.7. The van der Waals surface area contributed by atoms with Crippen LogP contribution in [-0.4, -0.2) is 49.4 Å². The second-order valence-corrected chi connectivity index (χ2v) is 5.20. The number of rotatable bonds is 5. The molecule has 110 valence electrons. The number of carbonyl (C=O) groups is 2. The van der Waals surface area contributed by atoms with Crippen molar-refractivity contribution in [2.45, 2.75) is 25.3 Å². The number of carbonyl (C=O) groups excluding carboxylic acids is 2. The van der Waals surface area contributed by atoms with Crippen molar-refractivity contribution in [1.29, 1.82) is 0 Å². The van der Waals surface area contributed by atoms with E-state index in [4.69, 9.17) is 4.42 Å². The summed E-state index contributed by atoms with van der Waals surface area (Å²) in [6.07, 6.45) is 4.99. The Kier molecular flexibility index (Phi) is 5.31. The molecule has 0 aliphatic carbocycles. The topological polar surface area (TPSA) is 74.6 Å². The van der Waals surface area contributed by atoms with Crippen LogP contribution in [0, 0.1) is 0 Å². The first-order chi connectivity index (χ1) is 9.65. The molecule has 6 nitrogen and oxygen atoms in total. The van der Waals surface area contributed by atoms with Crippen LogP contribution in [0.3, 0.4) is 0 Å². The molecule has 1 atom stereocenters. The molecule has 2 rings (SSSR count). The highest BCUT2D eigenvalue weighted by atomic mass is 16.3. The number of hydrogen-bond acceptors (Lipinski definition) is 5. The van der Waals surface area contributed by atoms with Gasteiger partial charge >= 0.3 is 0 Å². The number of amides is 2. The average molecular weight is 279 g/mol. The third-order valence-electron chi connectivity index (χ3n) is 3.36. The lowest BCUT2D eigenvalue weighted by Gasteiger charge is -2.27. The van der Waals surface area contributed by atoms with Gasteiger partial charge in [-0.3, -0.25) is 19.8 Å². The summed E-state index contributed by atoms with van der Waals surface area (Å²) in [7, 11) is 1.88. The number of imide groups is 1. The molecule has 6 heteroatoms. The average Bonchev–Trinajstić information content (AvgIpc) is 2.93. The number of nitrogens with zero attached hydrogens (tertiary/aromatic N) is 1. The van der Waals surface area contributed by atoms with E-state index in [1.807, 2.05) is 11.9 Å². The van der Waals surface area contributed by atoms with E-state index in [2.05, 4.69) is 10.6 Å². The Morgan fingerprint density at radius 2 is 2.35 bits per heavy atom. The lowest BCUT2D eigenvalue weighted by atomic mass is 10.0. The molecule has 1 aromatic heterocycles. The molecule has 20 heavy (non-hydrogen) atoms. The van der Waals surface area contributed by atoms with E-state index in [9.17, 15) is 9.59 Å². The van der Waals surface area contributed by atoms with Crippen molar-refractivity contribution in [3.63, 3.8) is 0 Å². The van der Waals surface area contributed by atoms with Crippen molar-refractivity contribution < 1.29 is 14.0 Å². The maximum atomic E-state index is 11.8. The van der Waals surface area contributed by atoms with Crippen molar-refractivity contribution in [2.75, 3.05) is 26.7 Å². The molecule has 2 heterocycles. The van der Waals surface area contributed by atoms with Crippen molar-refractivity contribution in [3.8, 4) is 0 Å². The molecule has 2 N–H and O–H groups in total. The van der Waals surface area contributed by atoms with Crippen molar-refractivity contribution in [1.82, 2.24) is 15.5 Å². The first-order valence-electron chi connectivity index (χ1n) is 6.95. The number of likely N-dealkylation sites (N-methyl/N-ethyl adjacent to an activating group) is 1. The molecule has 0 saturated carbocycles. The Morgan fingerprint density at radius 3 is 3.00 bits per heavy atom. The number of hydrogen-bond donors (Lipinski definition) is 2. The smallest absolute Gasteiger partial charge is 0.293 e. The van der Waals surface area contributed by atoms with Gasteiger partial charge in [0.2, 0.25) is 5.91 Å². The molecule has 0 radical (unpaired) electrons. The van der Waals surface area contributed by atoms with Crippen molar-refractivity contribution >= 4 is 11.8 Å². The lowest BCUT2D eigenvalue weighted by molar-refractivity contribution is -0.121. The first-order valence-corrected chi connectivity index (χ1v) is 6.95. The maximum Gasteiger partial charge on any atom is 0.293 e. The van der Waals surface area contributed by atoms with Crippen LogP contribution in [0.2, 0.25) is 0 Å². The molecular formula is C14H21N3O3. The SMILES string of the molecule is CN(CC(=O)NC(=O)c1ccco1)CC1CCCCN1. The minimum atomic E-state index is -0.496. The Bertz CT molecular complexity index is 439. The highest BCUT2D eigenvalue weighted by molar-refractivity contribution is 6.03. The minimum Gasteiger partial charge on any atom is -0.459 e. The van der Waals surface area contributed by atoms with Gasteiger partial charge in [-0.15, -0.1) is 0 Å². The zero-order valence-electron chi connectivity index (χ0n) is 11.7. The fourth-order valence-corrected chi connectivity index (χ4v) is 2.40. The molecule has 1 aliphatic heterocycles. The molecule has 1 unspecified atom stereocenters. The van der Waals surface area contributed by atoms with E-state index in [0.717, 1.165) is 19.5 Å².